The molecule has 0 radical (unpaired) electrons. The zero-order chi connectivity index (χ0) is 22.7. The number of ketones is 1. The molecule has 0 bridgehead atoms. The minimum atomic E-state index is -0.479. The fourth-order valence-corrected chi connectivity index (χ4v) is 4.44. The van der Waals surface area contributed by atoms with E-state index in [0.717, 1.165) is 23.2 Å². The fraction of sp³-hybridized carbons (Fsp3) is 0.308. The highest BCUT2D eigenvalue weighted by Gasteiger charge is 2.33. The van der Waals surface area contributed by atoms with Gasteiger partial charge in [-0.05, 0) is 37.1 Å². The SMILES string of the molecule is C[C@@H]1CN(C(=O)c2ccccc2-c2ccoc2)C[C@H](C)N1Cc1ccc(C(=O)CO)cc1. The van der Waals surface area contributed by atoms with Gasteiger partial charge in [0.1, 0.15) is 6.61 Å². The summed E-state index contributed by atoms with van der Waals surface area (Å²) < 4.78 is 5.22. The number of hydrogen-bond acceptors (Lipinski definition) is 5. The predicted octanol–water partition coefficient (Wildman–Crippen LogP) is 3.86. The Morgan fingerprint density at radius 3 is 2.31 bits per heavy atom. The van der Waals surface area contributed by atoms with Gasteiger partial charge in [-0.1, -0.05) is 42.5 Å². The monoisotopic (exact) mass is 432 g/mol. The van der Waals surface area contributed by atoms with Crippen molar-refractivity contribution in [3.05, 3.63) is 83.8 Å². The molecule has 3 aromatic rings. The Labute approximate surface area is 188 Å². The van der Waals surface area contributed by atoms with Gasteiger partial charge in [-0.15, -0.1) is 0 Å². The number of Topliss-reactive ketones (excluding diaryl/α,β-unsaturated/α-hetero) is 1. The van der Waals surface area contributed by atoms with Gasteiger partial charge in [0.15, 0.2) is 5.78 Å². The van der Waals surface area contributed by atoms with Crippen LogP contribution in [0.15, 0.2) is 71.5 Å². The zero-order valence-corrected chi connectivity index (χ0v) is 18.4. The number of aliphatic hydroxyl groups is 1. The summed E-state index contributed by atoms with van der Waals surface area (Å²) in [5.74, 6) is -0.242. The molecule has 1 N–H and O–H groups in total. The topological polar surface area (TPSA) is 74.0 Å². The van der Waals surface area contributed by atoms with E-state index >= 15 is 0 Å². The van der Waals surface area contributed by atoms with Crippen LogP contribution in [-0.4, -0.2) is 58.4 Å². The van der Waals surface area contributed by atoms with Crippen molar-refractivity contribution in [1.29, 1.82) is 0 Å². The van der Waals surface area contributed by atoms with Crippen molar-refractivity contribution in [3.63, 3.8) is 0 Å². The molecule has 32 heavy (non-hydrogen) atoms. The van der Waals surface area contributed by atoms with Crippen LogP contribution in [0, 0.1) is 0 Å². The first-order valence-corrected chi connectivity index (χ1v) is 10.9. The van der Waals surface area contributed by atoms with Gasteiger partial charge in [0.25, 0.3) is 5.91 Å². The molecule has 1 aliphatic heterocycles. The second-order valence-corrected chi connectivity index (χ2v) is 8.42. The maximum Gasteiger partial charge on any atom is 0.254 e. The van der Waals surface area contributed by atoms with E-state index < -0.39 is 6.61 Å². The van der Waals surface area contributed by atoms with Crippen LogP contribution in [0.25, 0.3) is 11.1 Å². The number of nitrogens with zero attached hydrogens (tertiary/aromatic N) is 2. The average Bonchev–Trinajstić information content (AvgIpc) is 3.35. The van der Waals surface area contributed by atoms with E-state index in [0.29, 0.717) is 24.2 Å². The summed E-state index contributed by atoms with van der Waals surface area (Å²) in [6.45, 7) is 5.83. The van der Waals surface area contributed by atoms with E-state index in [1.54, 1.807) is 24.7 Å². The molecule has 4 rings (SSSR count). The van der Waals surface area contributed by atoms with Gasteiger partial charge >= 0.3 is 0 Å². The molecule has 1 fully saturated rings. The molecule has 0 saturated carbocycles. The number of carbonyl (C=O) groups excluding carboxylic acids is 2. The Balaban J connectivity index is 1.47. The summed E-state index contributed by atoms with van der Waals surface area (Å²) in [6.07, 6.45) is 3.28. The third-order valence-electron chi connectivity index (χ3n) is 6.16. The van der Waals surface area contributed by atoms with Gasteiger partial charge < -0.3 is 14.4 Å². The number of benzene rings is 2. The molecule has 2 heterocycles. The highest BCUT2D eigenvalue weighted by molar-refractivity contribution is 6.01. The lowest BCUT2D eigenvalue weighted by Gasteiger charge is -2.44. The Bertz CT molecular complexity index is 1060. The molecule has 1 amide bonds. The molecule has 0 aliphatic carbocycles. The molecule has 1 aromatic heterocycles. The van der Waals surface area contributed by atoms with Crippen LogP contribution < -0.4 is 0 Å². The number of rotatable bonds is 6. The molecule has 6 heteroatoms. The lowest BCUT2D eigenvalue weighted by atomic mass is 9.99. The standard InChI is InChI=1S/C26H28N2O4/c1-18-13-27(26(31)24-6-4-3-5-23(24)22-11-12-32-17-22)14-19(2)28(18)15-20-7-9-21(10-8-20)25(30)16-29/h3-12,17-19,29H,13-16H2,1-2H3/t18-,19+. The van der Waals surface area contributed by atoms with Crippen molar-refractivity contribution >= 4 is 11.7 Å². The van der Waals surface area contributed by atoms with Gasteiger partial charge in [0, 0.05) is 48.4 Å². The largest absolute Gasteiger partial charge is 0.472 e. The first kappa shape index (κ1) is 22.0. The maximum absolute atomic E-state index is 13.4. The van der Waals surface area contributed by atoms with Crippen molar-refractivity contribution in [1.82, 2.24) is 9.80 Å². The van der Waals surface area contributed by atoms with Crippen molar-refractivity contribution in [3.8, 4) is 11.1 Å². The van der Waals surface area contributed by atoms with E-state index in [1.165, 1.54) is 0 Å². The predicted molar refractivity (Wildman–Crippen MR) is 122 cm³/mol. The zero-order valence-electron chi connectivity index (χ0n) is 18.4. The summed E-state index contributed by atoms with van der Waals surface area (Å²) >= 11 is 0. The minimum Gasteiger partial charge on any atom is -0.472 e. The second-order valence-electron chi connectivity index (χ2n) is 8.42. The molecule has 1 saturated heterocycles. The number of carbonyl (C=O) groups is 2. The number of aliphatic hydroxyl groups excluding tert-OH is 1. The molecule has 1 aliphatic rings. The van der Waals surface area contributed by atoms with Crippen molar-refractivity contribution in [2.24, 2.45) is 0 Å². The molecule has 166 valence electrons. The van der Waals surface area contributed by atoms with Gasteiger partial charge in [-0.25, -0.2) is 0 Å². The van der Waals surface area contributed by atoms with Crippen LogP contribution in [-0.2, 0) is 6.54 Å². The summed E-state index contributed by atoms with van der Waals surface area (Å²) in [5, 5.41) is 9.02. The van der Waals surface area contributed by atoms with Crippen LogP contribution in [0.3, 0.4) is 0 Å². The molecular weight excluding hydrogens is 404 g/mol. The van der Waals surface area contributed by atoms with E-state index in [4.69, 9.17) is 9.52 Å². The third-order valence-corrected chi connectivity index (χ3v) is 6.16. The summed E-state index contributed by atoms with van der Waals surface area (Å²) in [6, 6.07) is 17.3. The van der Waals surface area contributed by atoms with E-state index in [-0.39, 0.29) is 23.8 Å². The molecule has 6 nitrogen and oxygen atoms in total. The first-order chi connectivity index (χ1) is 15.5. The Kier molecular flexibility index (Phi) is 6.53. The van der Waals surface area contributed by atoms with E-state index in [2.05, 4.69) is 18.7 Å². The first-order valence-electron chi connectivity index (χ1n) is 10.9. The average molecular weight is 433 g/mol. The third kappa shape index (κ3) is 4.52. The van der Waals surface area contributed by atoms with Crippen molar-refractivity contribution < 1.29 is 19.1 Å². The lowest BCUT2D eigenvalue weighted by molar-refractivity contribution is 0.0270. The van der Waals surface area contributed by atoms with E-state index in [9.17, 15) is 9.59 Å². The van der Waals surface area contributed by atoms with Crippen molar-refractivity contribution in [2.45, 2.75) is 32.5 Å². The van der Waals surface area contributed by atoms with Gasteiger partial charge in [-0.3, -0.25) is 14.5 Å². The Morgan fingerprint density at radius 1 is 1.00 bits per heavy atom. The van der Waals surface area contributed by atoms with Crippen LogP contribution in [0.2, 0.25) is 0 Å². The summed E-state index contributed by atoms with van der Waals surface area (Å²) in [4.78, 5) is 29.4. The Hall–Kier alpha value is -3.22. The lowest BCUT2D eigenvalue weighted by Crippen LogP contribution is -2.57. The molecular formula is C26H28N2O4. The summed E-state index contributed by atoms with van der Waals surface area (Å²) in [5.41, 5.74) is 4.08. The minimum absolute atomic E-state index is 0.0343. The number of furan rings is 1. The van der Waals surface area contributed by atoms with Crippen LogP contribution in [0.4, 0.5) is 0 Å². The normalized spacial score (nSPS) is 19.2. The van der Waals surface area contributed by atoms with Gasteiger partial charge in [0.2, 0.25) is 0 Å². The second kappa shape index (κ2) is 9.51. The van der Waals surface area contributed by atoms with Gasteiger partial charge in [0.05, 0.1) is 12.5 Å². The van der Waals surface area contributed by atoms with Crippen LogP contribution in [0.1, 0.15) is 40.1 Å². The van der Waals surface area contributed by atoms with Crippen molar-refractivity contribution in [2.75, 3.05) is 19.7 Å². The number of piperazine rings is 1. The fourth-order valence-electron chi connectivity index (χ4n) is 4.44. The Morgan fingerprint density at radius 2 is 1.69 bits per heavy atom. The summed E-state index contributed by atoms with van der Waals surface area (Å²) in [7, 11) is 0. The molecule has 2 atom stereocenters. The van der Waals surface area contributed by atoms with Crippen LogP contribution >= 0.6 is 0 Å². The highest BCUT2D eigenvalue weighted by Crippen LogP contribution is 2.27. The quantitative estimate of drug-likeness (QED) is 0.599. The van der Waals surface area contributed by atoms with Gasteiger partial charge in [-0.2, -0.15) is 0 Å². The van der Waals surface area contributed by atoms with Crippen LogP contribution in [0.5, 0.6) is 0 Å². The number of hydrogen-bond donors (Lipinski definition) is 1. The number of amides is 1. The molecule has 0 unspecified atom stereocenters. The molecule has 0 spiro atoms. The van der Waals surface area contributed by atoms with E-state index in [1.807, 2.05) is 47.4 Å². The highest BCUT2D eigenvalue weighted by atomic mass is 16.3. The molecule has 2 aromatic carbocycles. The smallest absolute Gasteiger partial charge is 0.254 e. The maximum atomic E-state index is 13.4.